The van der Waals surface area contributed by atoms with E-state index in [4.69, 9.17) is 0 Å². The number of carbonyl (C=O) groups excluding carboxylic acids is 2. The van der Waals surface area contributed by atoms with E-state index in [-0.39, 0.29) is 29.2 Å². The van der Waals surface area contributed by atoms with Crippen LogP contribution in [0.2, 0.25) is 0 Å². The number of halogens is 1. The van der Waals surface area contributed by atoms with Gasteiger partial charge in [0, 0.05) is 38.2 Å². The summed E-state index contributed by atoms with van der Waals surface area (Å²) in [5, 5.41) is 16.7. The number of hydrogen-bond acceptors (Lipinski definition) is 6. The molecule has 2 amide bonds. The summed E-state index contributed by atoms with van der Waals surface area (Å²) in [6.07, 6.45) is 1.40. The predicted octanol–water partition coefficient (Wildman–Crippen LogP) is 1.02. The molecule has 0 aliphatic carbocycles. The highest BCUT2D eigenvalue weighted by Crippen LogP contribution is 2.28. The summed E-state index contributed by atoms with van der Waals surface area (Å²) in [7, 11) is 0. The molecule has 3 rings (SSSR count). The van der Waals surface area contributed by atoms with Crippen molar-refractivity contribution in [2.75, 3.05) is 26.2 Å². The van der Waals surface area contributed by atoms with Crippen LogP contribution in [-0.2, 0) is 4.79 Å². The van der Waals surface area contributed by atoms with Crippen LogP contribution in [0.4, 0.5) is 5.00 Å². The molecule has 24 heavy (non-hydrogen) atoms. The number of amides is 2. The molecule has 10 heteroatoms. The monoisotopic (exact) mass is 374 g/mol. The average molecular weight is 375 g/mol. The van der Waals surface area contributed by atoms with Crippen molar-refractivity contribution < 1.29 is 14.5 Å². The molecule has 0 radical (unpaired) electrons. The zero-order valence-electron chi connectivity index (χ0n) is 12.9. The average Bonchev–Trinajstić information content (AvgIpc) is 3.14. The first kappa shape index (κ1) is 18.6. The smallest absolute Gasteiger partial charge is 0.324 e. The van der Waals surface area contributed by atoms with E-state index in [1.165, 1.54) is 17.0 Å². The maximum absolute atomic E-state index is 12.5. The van der Waals surface area contributed by atoms with E-state index in [1.54, 1.807) is 0 Å². The molecule has 1 atom stereocenters. The quantitative estimate of drug-likeness (QED) is 0.591. The van der Waals surface area contributed by atoms with Crippen LogP contribution in [0.15, 0.2) is 12.1 Å². The molecule has 0 saturated carbocycles. The van der Waals surface area contributed by atoms with Crippen molar-refractivity contribution in [2.45, 2.75) is 18.9 Å². The standard InChI is InChI=1S/C14H18N4O4S.ClH/c19-13(16-8-9-6-15-7-9)10-2-1-5-17(10)14(20)11-3-4-12(23-11)18(21)22;/h3-4,9-10,15H,1-2,5-8H2,(H,16,19);1H. The van der Waals surface area contributed by atoms with Gasteiger partial charge in [0.25, 0.3) is 5.91 Å². The van der Waals surface area contributed by atoms with Crippen LogP contribution in [0, 0.1) is 16.0 Å². The van der Waals surface area contributed by atoms with Crippen molar-refractivity contribution in [3.8, 4) is 0 Å². The first-order valence-electron chi connectivity index (χ1n) is 7.60. The summed E-state index contributed by atoms with van der Waals surface area (Å²) < 4.78 is 0. The Balaban J connectivity index is 0.00000208. The van der Waals surface area contributed by atoms with Gasteiger partial charge in [-0.2, -0.15) is 0 Å². The Labute approximate surface area is 149 Å². The molecular formula is C14H19ClN4O4S. The molecule has 1 aromatic rings. The minimum Gasteiger partial charge on any atom is -0.354 e. The van der Waals surface area contributed by atoms with Gasteiger partial charge in [0.15, 0.2) is 0 Å². The molecule has 1 aromatic heterocycles. The van der Waals surface area contributed by atoms with E-state index in [0.717, 1.165) is 30.8 Å². The summed E-state index contributed by atoms with van der Waals surface area (Å²) in [6.45, 7) is 2.95. The van der Waals surface area contributed by atoms with Gasteiger partial charge < -0.3 is 15.5 Å². The zero-order chi connectivity index (χ0) is 16.4. The highest BCUT2D eigenvalue weighted by atomic mass is 35.5. The number of carbonyl (C=O) groups is 2. The number of likely N-dealkylation sites (tertiary alicyclic amines) is 1. The lowest BCUT2D eigenvalue weighted by Gasteiger charge is -2.29. The normalized spacial score (nSPS) is 20.2. The molecule has 132 valence electrons. The third-order valence-electron chi connectivity index (χ3n) is 4.23. The molecular weight excluding hydrogens is 356 g/mol. The topological polar surface area (TPSA) is 105 Å². The summed E-state index contributed by atoms with van der Waals surface area (Å²) in [5.41, 5.74) is 0. The minimum atomic E-state index is -0.512. The lowest BCUT2D eigenvalue weighted by atomic mass is 10.0. The van der Waals surface area contributed by atoms with Crippen molar-refractivity contribution >= 4 is 40.6 Å². The SMILES string of the molecule is Cl.O=C(NCC1CNC1)C1CCCN1C(=O)c1ccc([N+](=O)[O-])s1. The fourth-order valence-electron chi connectivity index (χ4n) is 2.82. The van der Waals surface area contributed by atoms with E-state index in [2.05, 4.69) is 10.6 Å². The van der Waals surface area contributed by atoms with Gasteiger partial charge in [-0.15, -0.1) is 12.4 Å². The zero-order valence-corrected chi connectivity index (χ0v) is 14.5. The third kappa shape index (κ3) is 3.85. The molecule has 0 bridgehead atoms. The van der Waals surface area contributed by atoms with E-state index in [0.29, 0.717) is 30.3 Å². The van der Waals surface area contributed by atoms with Gasteiger partial charge in [0.1, 0.15) is 6.04 Å². The van der Waals surface area contributed by atoms with Crippen LogP contribution >= 0.6 is 23.7 Å². The number of nitrogens with zero attached hydrogens (tertiary/aromatic N) is 2. The second-order valence-corrected chi connectivity index (χ2v) is 6.88. The van der Waals surface area contributed by atoms with Gasteiger partial charge in [0.2, 0.25) is 5.91 Å². The first-order chi connectivity index (χ1) is 11.1. The number of thiophene rings is 1. The Morgan fingerprint density at radius 1 is 1.42 bits per heavy atom. The number of nitro groups is 1. The van der Waals surface area contributed by atoms with E-state index in [9.17, 15) is 19.7 Å². The second-order valence-electron chi connectivity index (χ2n) is 5.82. The molecule has 2 N–H and O–H groups in total. The number of hydrogen-bond donors (Lipinski definition) is 2. The van der Waals surface area contributed by atoms with E-state index >= 15 is 0 Å². The van der Waals surface area contributed by atoms with Crippen molar-refractivity contribution in [3.05, 3.63) is 27.1 Å². The van der Waals surface area contributed by atoms with Gasteiger partial charge in [0.05, 0.1) is 9.80 Å². The van der Waals surface area contributed by atoms with Crippen molar-refractivity contribution in [1.29, 1.82) is 0 Å². The summed E-state index contributed by atoms with van der Waals surface area (Å²) in [5.74, 6) is 0.0318. The van der Waals surface area contributed by atoms with Gasteiger partial charge in [-0.3, -0.25) is 19.7 Å². The maximum atomic E-state index is 12.5. The summed E-state index contributed by atoms with van der Waals surface area (Å²) in [4.78, 5) is 36.9. The van der Waals surface area contributed by atoms with Crippen LogP contribution in [0.3, 0.4) is 0 Å². The first-order valence-corrected chi connectivity index (χ1v) is 8.41. The number of rotatable bonds is 5. The molecule has 0 spiro atoms. The van der Waals surface area contributed by atoms with E-state index < -0.39 is 11.0 Å². The van der Waals surface area contributed by atoms with Crippen molar-refractivity contribution in [3.63, 3.8) is 0 Å². The van der Waals surface area contributed by atoms with Crippen LogP contribution in [-0.4, -0.2) is 53.9 Å². The largest absolute Gasteiger partial charge is 0.354 e. The minimum absolute atomic E-state index is 0. The molecule has 2 saturated heterocycles. The Hall–Kier alpha value is -1.71. The van der Waals surface area contributed by atoms with Crippen LogP contribution in [0.25, 0.3) is 0 Å². The van der Waals surface area contributed by atoms with Crippen LogP contribution < -0.4 is 10.6 Å². The fourth-order valence-corrected chi connectivity index (χ4v) is 3.60. The Kier molecular flexibility index (Phi) is 6.14. The van der Waals surface area contributed by atoms with Crippen molar-refractivity contribution in [2.24, 2.45) is 5.92 Å². The molecule has 2 fully saturated rings. The van der Waals surface area contributed by atoms with Gasteiger partial charge in [-0.1, -0.05) is 11.3 Å². The van der Waals surface area contributed by atoms with Crippen molar-refractivity contribution in [1.82, 2.24) is 15.5 Å². The van der Waals surface area contributed by atoms with Gasteiger partial charge >= 0.3 is 5.00 Å². The number of nitrogens with one attached hydrogen (secondary N) is 2. The Morgan fingerprint density at radius 3 is 2.75 bits per heavy atom. The molecule has 0 aromatic carbocycles. The molecule has 3 heterocycles. The third-order valence-corrected chi connectivity index (χ3v) is 5.25. The lowest BCUT2D eigenvalue weighted by molar-refractivity contribution is -0.380. The maximum Gasteiger partial charge on any atom is 0.324 e. The predicted molar refractivity (Wildman–Crippen MR) is 91.6 cm³/mol. The van der Waals surface area contributed by atoms with Gasteiger partial charge in [-0.25, -0.2) is 0 Å². The van der Waals surface area contributed by atoms with Crippen LogP contribution in [0.1, 0.15) is 22.5 Å². The lowest BCUT2D eigenvalue weighted by Crippen LogP contribution is -2.51. The van der Waals surface area contributed by atoms with Crippen LogP contribution in [0.5, 0.6) is 0 Å². The second kappa shape index (κ2) is 7.91. The molecule has 2 aliphatic rings. The van der Waals surface area contributed by atoms with E-state index in [1.807, 2.05) is 0 Å². The van der Waals surface area contributed by atoms with Gasteiger partial charge in [-0.05, 0) is 18.9 Å². The molecule has 1 unspecified atom stereocenters. The fraction of sp³-hybridized carbons (Fsp3) is 0.571. The Bertz CT molecular complexity index is 634. The summed E-state index contributed by atoms with van der Waals surface area (Å²) in [6, 6.07) is 2.31. The summed E-state index contributed by atoms with van der Waals surface area (Å²) >= 11 is 0.850. The highest BCUT2D eigenvalue weighted by Gasteiger charge is 2.35. The highest BCUT2D eigenvalue weighted by molar-refractivity contribution is 7.17. The Morgan fingerprint density at radius 2 is 2.17 bits per heavy atom. The molecule has 8 nitrogen and oxygen atoms in total. The molecule has 2 aliphatic heterocycles.